The molecule has 2 aromatic heterocycles. The van der Waals surface area contributed by atoms with Gasteiger partial charge in [-0.25, -0.2) is 0 Å². The van der Waals surface area contributed by atoms with Crippen molar-refractivity contribution in [2.24, 2.45) is 5.92 Å². The Labute approximate surface area is 184 Å². The fourth-order valence-electron chi connectivity index (χ4n) is 2.98. The van der Waals surface area contributed by atoms with Gasteiger partial charge in [0.15, 0.2) is 5.82 Å². The van der Waals surface area contributed by atoms with Crippen LogP contribution in [0.25, 0.3) is 28.5 Å². The summed E-state index contributed by atoms with van der Waals surface area (Å²) < 4.78 is 13.0. The van der Waals surface area contributed by atoms with E-state index < -0.39 is 0 Å². The molecule has 0 saturated heterocycles. The van der Waals surface area contributed by atoms with Crippen molar-refractivity contribution >= 4 is 28.4 Å². The first-order valence-corrected chi connectivity index (χ1v) is 10.8. The molecule has 6 nitrogen and oxygen atoms in total. The van der Waals surface area contributed by atoms with E-state index in [0.29, 0.717) is 27.8 Å². The van der Waals surface area contributed by atoms with Gasteiger partial charge >= 0.3 is 0 Å². The maximum Gasteiger partial charge on any atom is 0.291 e. The molecule has 2 aromatic carbocycles. The maximum absolute atomic E-state index is 12.7. The molecule has 7 heteroatoms. The number of para-hydroxylation sites is 1. The van der Waals surface area contributed by atoms with Gasteiger partial charge in [-0.15, -0.1) is 5.10 Å². The van der Waals surface area contributed by atoms with Crippen LogP contribution in [0.5, 0.6) is 11.5 Å². The van der Waals surface area contributed by atoms with Crippen LogP contribution in [-0.2, 0) is 0 Å². The van der Waals surface area contributed by atoms with E-state index >= 15 is 0 Å². The minimum atomic E-state index is -0.180. The van der Waals surface area contributed by atoms with E-state index in [1.807, 2.05) is 60.7 Å². The van der Waals surface area contributed by atoms with Crippen molar-refractivity contribution < 1.29 is 9.47 Å². The van der Waals surface area contributed by atoms with Crippen LogP contribution in [0.15, 0.2) is 59.4 Å². The molecule has 0 fully saturated rings. The van der Waals surface area contributed by atoms with E-state index in [2.05, 4.69) is 23.9 Å². The average molecular weight is 434 g/mol. The SMILES string of the molecule is COc1ccccc1/C=C/C=c1\sc2nc(-c3ccc(OCC(C)C)cc3)nn2c1=O. The molecule has 0 radical (unpaired) electrons. The molecule has 0 saturated carbocycles. The van der Waals surface area contributed by atoms with Gasteiger partial charge in [0.1, 0.15) is 11.5 Å². The Morgan fingerprint density at radius 2 is 1.90 bits per heavy atom. The van der Waals surface area contributed by atoms with Gasteiger partial charge in [0.2, 0.25) is 4.96 Å². The molecule has 4 rings (SSSR count). The summed E-state index contributed by atoms with van der Waals surface area (Å²) in [6.45, 7) is 4.88. The van der Waals surface area contributed by atoms with Crippen LogP contribution in [0.2, 0.25) is 0 Å². The monoisotopic (exact) mass is 433 g/mol. The third-order valence-corrected chi connectivity index (χ3v) is 5.52. The first-order chi connectivity index (χ1) is 15.0. The molecule has 0 aliphatic carbocycles. The van der Waals surface area contributed by atoms with Crippen LogP contribution < -0.4 is 19.6 Å². The number of allylic oxidation sites excluding steroid dienone is 1. The average Bonchev–Trinajstić information content (AvgIpc) is 3.32. The van der Waals surface area contributed by atoms with Crippen LogP contribution in [0, 0.1) is 5.92 Å². The zero-order valence-corrected chi connectivity index (χ0v) is 18.4. The van der Waals surface area contributed by atoms with E-state index in [4.69, 9.17) is 9.47 Å². The van der Waals surface area contributed by atoms with Crippen molar-refractivity contribution in [3.8, 4) is 22.9 Å². The standard InChI is InChI=1S/C24H23N3O3S/c1-16(2)15-30-19-13-11-18(12-14-19)22-25-24-27(26-22)23(28)21(31-24)10-6-8-17-7-4-5-9-20(17)29-3/h4-14,16H,15H2,1-3H3/b8-6+,21-10-. The molecule has 2 heterocycles. The topological polar surface area (TPSA) is 65.7 Å². The second-order valence-corrected chi connectivity index (χ2v) is 8.41. The van der Waals surface area contributed by atoms with E-state index in [0.717, 1.165) is 22.6 Å². The van der Waals surface area contributed by atoms with E-state index in [9.17, 15) is 4.79 Å². The molecule has 0 N–H and O–H groups in total. The number of nitrogens with zero attached hydrogens (tertiary/aromatic N) is 3. The minimum absolute atomic E-state index is 0.180. The third-order valence-electron chi connectivity index (χ3n) is 4.54. The molecule has 4 aromatic rings. The lowest BCUT2D eigenvalue weighted by Gasteiger charge is -2.08. The second kappa shape index (κ2) is 9.14. The number of hydrogen-bond donors (Lipinski definition) is 0. The highest BCUT2D eigenvalue weighted by Crippen LogP contribution is 2.21. The number of fused-ring (bicyclic) bond motifs is 1. The highest BCUT2D eigenvalue weighted by atomic mass is 32.1. The predicted molar refractivity (Wildman–Crippen MR) is 125 cm³/mol. The number of thiazole rings is 1. The first kappa shape index (κ1) is 20.8. The van der Waals surface area contributed by atoms with Crippen molar-refractivity contribution in [3.05, 3.63) is 75.1 Å². The molecule has 0 atom stereocenters. The smallest absolute Gasteiger partial charge is 0.291 e. The Balaban J connectivity index is 1.56. The van der Waals surface area contributed by atoms with Crippen molar-refractivity contribution in [3.63, 3.8) is 0 Å². The molecule has 0 spiro atoms. The highest BCUT2D eigenvalue weighted by Gasteiger charge is 2.12. The number of aromatic nitrogens is 3. The summed E-state index contributed by atoms with van der Waals surface area (Å²) in [4.78, 5) is 17.8. The zero-order chi connectivity index (χ0) is 21.8. The van der Waals surface area contributed by atoms with Gasteiger partial charge in [-0.3, -0.25) is 4.79 Å². The van der Waals surface area contributed by atoms with E-state index in [1.165, 1.54) is 15.9 Å². The quantitative estimate of drug-likeness (QED) is 0.440. The highest BCUT2D eigenvalue weighted by molar-refractivity contribution is 7.15. The number of hydrogen-bond acceptors (Lipinski definition) is 6. The fraction of sp³-hybridized carbons (Fsp3) is 0.208. The second-order valence-electron chi connectivity index (χ2n) is 7.40. The lowest BCUT2D eigenvalue weighted by atomic mass is 10.2. The summed E-state index contributed by atoms with van der Waals surface area (Å²) in [5, 5.41) is 4.40. The van der Waals surface area contributed by atoms with Gasteiger partial charge in [0, 0.05) is 11.1 Å². The lowest BCUT2D eigenvalue weighted by molar-refractivity contribution is 0.271. The Morgan fingerprint density at radius 3 is 2.61 bits per heavy atom. The Hall–Kier alpha value is -3.45. The van der Waals surface area contributed by atoms with Crippen LogP contribution in [0.1, 0.15) is 19.4 Å². The first-order valence-electron chi connectivity index (χ1n) is 9.99. The van der Waals surface area contributed by atoms with Crippen molar-refractivity contribution in [1.82, 2.24) is 14.6 Å². The van der Waals surface area contributed by atoms with E-state index in [1.54, 1.807) is 13.2 Å². The lowest BCUT2D eigenvalue weighted by Crippen LogP contribution is -2.23. The normalized spacial score (nSPS) is 12.3. The van der Waals surface area contributed by atoms with Gasteiger partial charge in [-0.05, 0) is 42.3 Å². The zero-order valence-electron chi connectivity index (χ0n) is 17.6. The molecule has 0 aliphatic rings. The Kier molecular flexibility index (Phi) is 6.13. The molecule has 31 heavy (non-hydrogen) atoms. The number of rotatable bonds is 7. The van der Waals surface area contributed by atoms with Crippen LogP contribution in [0.4, 0.5) is 0 Å². The molecule has 0 aliphatic heterocycles. The summed E-state index contributed by atoms with van der Waals surface area (Å²) in [5.74, 6) is 2.58. The van der Waals surface area contributed by atoms with Crippen LogP contribution in [-0.4, -0.2) is 28.3 Å². The molecule has 158 valence electrons. The molecular weight excluding hydrogens is 410 g/mol. The van der Waals surface area contributed by atoms with Gasteiger partial charge < -0.3 is 9.47 Å². The summed E-state index contributed by atoms with van der Waals surface area (Å²) in [5.41, 5.74) is 1.60. The van der Waals surface area contributed by atoms with Crippen molar-refractivity contribution in [2.45, 2.75) is 13.8 Å². The number of benzene rings is 2. The summed E-state index contributed by atoms with van der Waals surface area (Å²) in [7, 11) is 1.63. The number of ether oxygens (including phenoxy) is 2. The molecule has 0 bridgehead atoms. The molecular formula is C24H23N3O3S. The van der Waals surface area contributed by atoms with Crippen molar-refractivity contribution in [2.75, 3.05) is 13.7 Å². The van der Waals surface area contributed by atoms with Crippen molar-refractivity contribution in [1.29, 1.82) is 0 Å². The summed E-state index contributed by atoms with van der Waals surface area (Å²) in [6, 6.07) is 15.3. The fourth-order valence-corrected chi connectivity index (χ4v) is 3.84. The Morgan fingerprint density at radius 1 is 1.13 bits per heavy atom. The minimum Gasteiger partial charge on any atom is -0.496 e. The predicted octanol–water partition coefficient (Wildman–Crippen LogP) is 4.07. The number of methoxy groups -OCH3 is 1. The largest absolute Gasteiger partial charge is 0.496 e. The van der Waals surface area contributed by atoms with E-state index in [-0.39, 0.29) is 5.56 Å². The van der Waals surface area contributed by atoms with Crippen LogP contribution in [0.3, 0.4) is 0 Å². The third kappa shape index (κ3) is 4.67. The molecule has 0 amide bonds. The van der Waals surface area contributed by atoms with Gasteiger partial charge in [0.05, 0.1) is 18.2 Å². The van der Waals surface area contributed by atoms with Gasteiger partial charge in [-0.1, -0.05) is 55.5 Å². The maximum atomic E-state index is 12.7. The van der Waals surface area contributed by atoms with Crippen LogP contribution >= 0.6 is 11.3 Å². The molecule has 0 unspecified atom stereocenters. The van der Waals surface area contributed by atoms with Gasteiger partial charge in [-0.2, -0.15) is 9.50 Å². The summed E-state index contributed by atoms with van der Waals surface area (Å²) >= 11 is 1.31. The summed E-state index contributed by atoms with van der Waals surface area (Å²) in [6.07, 6.45) is 5.51. The van der Waals surface area contributed by atoms with Gasteiger partial charge in [0.25, 0.3) is 5.56 Å². The Bertz CT molecular complexity index is 1320.